The van der Waals surface area contributed by atoms with Crippen molar-refractivity contribution >= 4 is 17.3 Å². The molecule has 1 saturated heterocycles. The van der Waals surface area contributed by atoms with Gasteiger partial charge in [0.05, 0.1) is 0 Å². The minimum atomic E-state index is 0.0991. The molecule has 2 aliphatic rings. The number of ether oxygens (including phenoxy) is 2. The van der Waals surface area contributed by atoms with Crippen LogP contribution in [0.2, 0.25) is 5.02 Å². The molecule has 0 radical (unpaired) electrons. The summed E-state index contributed by atoms with van der Waals surface area (Å²) in [4.78, 5) is 4.86. The van der Waals surface area contributed by atoms with Gasteiger partial charge < -0.3 is 14.4 Å². The minimum absolute atomic E-state index is 0.0991. The van der Waals surface area contributed by atoms with Crippen LogP contribution in [0.3, 0.4) is 0 Å². The zero-order valence-electron chi connectivity index (χ0n) is 13.5. The lowest BCUT2D eigenvalue weighted by Crippen LogP contribution is -2.50. The van der Waals surface area contributed by atoms with Crippen LogP contribution in [0, 0.1) is 0 Å². The van der Waals surface area contributed by atoms with Crippen LogP contribution in [0.1, 0.15) is 0 Å². The highest BCUT2D eigenvalue weighted by molar-refractivity contribution is 6.30. The molecule has 1 unspecified atom stereocenters. The smallest absolute Gasteiger partial charge is 0.161 e. The van der Waals surface area contributed by atoms with Crippen molar-refractivity contribution in [3.63, 3.8) is 0 Å². The second-order valence-electron chi connectivity index (χ2n) is 6.26. The fraction of sp³-hybridized carbons (Fsp3) is 0.368. The Bertz CT molecular complexity index is 684. The summed E-state index contributed by atoms with van der Waals surface area (Å²) < 4.78 is 11.9. The molecule has 126 valence electrons. The molecule has 5 heteroatoms. The molecule has 2 aromatic rings. The van der Waals surface area contributed by atoms with Gasteiger partial charge in [-0.2, -0.15) is 0 Å². The number of fused-ring (bicyclic) bond motifs is 1. The molecule has 1 fully saturated rings. The van der Waals surface area contributed by atoms with E-state index >= 15 is 0 Å². The predicted octanol–water partition coefficient (Wildman–Crippen LogP) is 3.30. The van der Waals surface area contributed by atoms with Gasteiger partial charge >= 0.3 is 0 Å². The maximum Gasteiger partial charge on any atom is 0.161 e. The summed E-state index contributed by atoms with van der Waals surface area (Å²) in [5, 5.41) is 0.784. The summed E-state index contributed by atoms with van der Waals surface area (Å²) in [5.41, 5.74) is 1.24. The lowest BCUT2D eigenvalue weighted by Gasteiger charge is -2.38. The van der Waals surface area contributed by atoms with Crippen molar-refractivity contribution in [1.29, 1.82) is 0 Å². The zero-order chi connectivity index (χ0) is 16.4. The summed E-state index contributed by atoms with van der Waals surface area (Å²) in [7, 11) is 0. The normalized spacial score (nSPS) is 20.9. The van der Waals surface area contributed by atoms with Crippen molar-refractivity contribution in [2.75, 3.05) is 44.2 Å². The number of piperazine rings is 1. The molecule has 0 spiro atoms. The zero-order valence-corrected chi connectivity index (χ0v) is 14.3. The van der Waals surface area contributed by atoms with Crippen molar-refractivity contribution in [2.45, 2.75) is 6.10 Å². The Morgan fingerprint density at radius 1 is 0.917 bits per heavy atom. The Balaban J connectivity index is 1.30. The Hall–Kier alpha value is -1.91. The Kier molecular flexibility index (Phi) is 4.50. The Morgan fingerprint density at radius 3 is 2.38 bits per heavy atom. The van der Waals surface area contributed by atoms with E-state index in [4.69, 9.17) is 21.1 Å². The van der Waals surface area contributed by atoms with Crippen LogP contribution in [0.4, 0.5) is 5.69 Å². The predicted molar refractivity (Wildman–Crippen MR) is 96.5 cm³/mol. The molecule has 4 rings (SSSR count). The maximum absolute atomic E-state index is 6.06. The molecule has 0 aliphatic carbocycles. The maximum atomic E-state index is 6.06. The average Bonchev–Trinajstić information content (AvgIpc) is 2.63. The molecule has 0 saturated carbocycles. The van der Waals surface area contributed by atoms with Crippen LogP contribution in [0.15, 0.2) is 48.5 Å². The molecular weight excluding hydrogens is 324 g/mol. The fourth-order valence-corrected chi connectivity index (χ4v) is 3.41. The van der Waals surface area contributed by atoms with Gasteiger partial charge in [0.25, 0.3) is 0 Å². The molecule has 0 bridgehead atoms. The first-order valence-corrected chi connectivity index (χ1v) is 8.77. The SMILES string of the molecule is Clc1ccc(N2CCN(CC3COc4ccccc4O3)CC2)cc1. The summed E-state index contributed by atoms with van der Waals surface area (Å²) in [6.45, 7) is 5.63. The molecule has 0 amide bonds. The van der Waals surface area contributed by atoms with Gasteiger partial charge in [0.1, 0.15) is 12.7 Å². The minimum Gasteiger partial charge on any atom is -0.486 e. The van der Waals surface area contributed by atoms with Crippen molar-refractivity contribution in [3.05, 3.63) is 53.6 Å². The molecule has 2 aromatic carbocycles. The number of halogens is 1. The largest absolute Gasteiger partial charge is 0.486 e. The van der Waals surface area contributed by atoms with E-state index in [-0.39, 0.29) is 6.10 Å². The monoisotopic (exact) mass is 344 g/mol. The topological polar surface area (TPSA) is 24.9 Å². The van der Waals surface area contributed by atoms with Gasteiger partial charge in [0.2, 0.25) is 0 Å². The van der Waals surface area contributed by atoms with E-state index in [0.29, 0.717) is 6.61 Å². The molecule has 0 N–H and O–H groups in total. The fourth-order valence-electron chi connectivity index (χ4n) is 3.28. The van der Waals surface area contributed by atoms with E-state index < -0.39 is 0 Å². The van der Waals surface area contributed by atoms with E-state index in [0.717, 1.165) is 49.2 Å². The van der Waals surface area contributed by atoms with Gasteiger partial charge in [-0.25, -0.2) is 0 Å². The standard InChI is InChI=1S/C19H21ClN2O2/c20-15-5-7-16(8-6-15)22-11-9-21(10-12-22)13-17-14-23-18-3-1-2-4-19(18)24-17/h1-8,17H,9-14H2. The van der Waals surface area contributed by atoms with Gasteiger partial charge in [-0.3, -0.25) is 4.90 Å². The van der Waals surface area contributed by atoms with E-state index in [1.54, 1.807) is 0 Å². The van der Waals surface area contributed by atoms with Gasteiger partial charge in [-0.05, 0) is 36.4 Å². The summed E-state index contributed by atoms with van der Waals surface area (Å²) in [6.07, 6.45) is 0.0991. The first kappa shape index (κ1) is 15.6. The van der Waals surface area contributed by atoms with Crippen molar-refractivity contribution in [3.8, 4) is 11.5 Å². The summed E-state index contributed by atoms with van der Waals surface area (Å²) >= 11 is 5.97. The second kappa shape index (κ2) is 6.91. The number of nitrogens with zero attached hydrogens (tertiary/aromatic N) is 2. The Morgan fingerprint density at radius 2 is 1.62 bits per heavy atom. The van der Waals surface area contributed by atoms with Crippen LogP contribution in [-0.4, -0.2) is 50.3 Å². The molecule has 4 nitrogen and oxygen atoms in total. The number of para-hydroxylation sites is 2. The molecule has 2 aliphatic heterocycles. The lowest BCUT2D eigenvalue weighted by atomic mass is 10.2. The third-order valence-corrected chi connectivity index (χ3v) is 4.85. The quantitative estimate of drug-likeness (QED) is 0.853. The number of hydrogen-bond acceptors (Lipinski definition) is 4. The third kappa shape index (κ3) is 3.45. The molecule has 1 atom stereocenters. The highest BCUT2D eigenvalue weighted by atomic mass is 35.5. The van der Waals surface area contributed by atoms with Crippen molar-refractivity contribution < 1.29 is 9.47 Å². The first-order valence-electron chi connectivity index (χ1n) is 8.39. The van der Waals surface area contributed by atoms with E-state index in [9.17, 15) is 0 Å². The van der Waals surface area contributed by atoms with Crippen LogP contribution in [-0.2, 0) is 0 Å². The van der Waals surface area contributed by atoms with Gasteiger partial charge in [0, 0.05) is 43.4 Å². The van der Waals surface area contributed by atoms with E-state index in [1.807, 2.05) is 36.4 Å². The Labute approximate surface area is 147 Å². The van der Waals surface area contributed by atoms with Crippen LogP contribution in [0.5, 0.6) is 11.5 Å². The van der Waals surface area contributed by atoms with Crippen LogP contribution >= 0.6 is 11.6 Å². The summed E-state index contributed by atoms with van der Waals surface area (Å²) in [5.74, 6) is 1.70. The lowest BCUT2D eigenvalue weighted by molar-refractivity contribution is 0.0571. The average molecular weight is 345 g/mol. The summed E-state index contributed by atoms with van der Waals surface area (Å²) in [6, 6.07) is 16.0. The number of rotatable bonds is 3. The highest BCUT2D eigenvalue weighted by Crippen LogP contribution is 2.31. The molecule has 0 aromatic heterocycles. The van der Waals surface area contributed by atoms with E-state index in [1.165, 1.54) is 5.69 Å². The second-order valence-corrected chi connectivity index (χ2v) is 6.70. The van der Waals surface area contributed by atoms with Crippen molar-refractivity contribution in [2.24, 2.45) is 0 Å². The number of hydrogen-bond donors (Lipinski definition) is 0. The molecular formula is C19H21ClN2O2. The number of anilines is 1. The molecule has 24 heavy (non-hydrogen) atoms. The van der Waals surface area contributed by atoms with Gasteiger partial charge in [-0.1, -0.05) is 23.7 Å². The van der Waals surface area contributed by atoms with Crippen LogP contribution in [0.25, 0.3) is 0 Å². The van der Waals surface area contributed by atoms with E-state index in [2.05, 4.69) is 21.9 Å². The van der Waals surface area contributed by atoms with Crippen molar-refractivity contribution in [1.82, 2.24) is 4.90 Å². The van der Waals surface area contributed by atoms with Gasteiger partial charge in [0.15, 0.2) is 11.5 Å². The molecule has 2 heterocycles. The van der Waals surface area contributed by atoms with Crippen LogP contribution < -0.4 is 14.4 Å². The van der Waals surface area contributed by atoms with Gasteiger partial charge in [-0.15, -0.1) is 0 Å². The number of benzene rings is 2. The highest BCUT2D eigenvalue weighted by Gasteiger charge is 2.25. The first-order chi connectivity index (χ1) is 11.8. The third-order valence-electron chi connectivity index (χ3n) is 4.59.